The van der Waals surface area contributed by atoms with E-state index in [4.69, 9.17) is 20.6 Å². The number of primary amides is 2. The molecule has 12 heteroatoms. The number of carbonyl (C=O) groups is 2. The second-order valence-corrected chi connectivity index (χ2v) is 6.98. The quantitative estimate of drug-likeness (QED) is 0.449. The summed E-state index contributed by atoms with van der Waals surface area (Å²) in [4.78, 5) is 19.6. The summed E-state index contributed by atoms with van der Waals surface area (Å²) in [5.41, 5.74) is 9.53. The molecule has 0 saturated heterocycles. The van der Waals surface area contributed by atoms with Crippen molar-refractivity contribution in [2.45, 2.75) is 39.5 Å². The molecule has 0 aromatic carbocycles. The summed E-state index contributed by atoms with van der Waals surface area (Å²) in [6.45, 7) is 3.84. The first kappa shape index (κ1) is 24.8. The van der Waals surface area contributed by atoms with Gasteiger partial charge in [-0.2, -0.15) is 16.8 Å². The molecule has 0 aliphatic rings. The molecule has 0 saturated carbocycles. The van der Waals surface area contributed by atoms with Crippen LogP contribution in [-0.4, -0.2) is 42.8 Å². The lowest BCUT2D eigenvalue weighted by Crippen LogP contribution is -2.13. The highest BCUT2D eigenvalue weighted by atomic mass is 32.3. The number of nitrogens with two attached hydrogens (primary N) is 2. The molecule has 0 heterocycles. The molecule has 10 nitrogen and oxygen atoms in total. The minimum atomic E-state index is -4.62. The smallest absolute Gasteiger partial charge is 0.281 e. The molecule has 0 rings (SSSR count). The Balaban J connectivity index is -0.000000240. The third-order valence-corrected chi connectivity index (χ3v) is 3.67. The molecule has 21 heavy (non-hydrogen) atoms. The highest BCUT2D eigenvalue weighted by Gasteiger charge is 2.15. The summed E-state index contributed by atoms with van der Waals surface area (Å²) in [5.74, 6) is -0.421. The average Bonchev–Trinajstić information content (AvgIpc) is 2.12. The Hall–Kier alpha value is -1.24. The molecule has 0 fully saturated rings. The van der Waals surface area contributed by atoms with Gasteiger partial charge < -0.3 is 11.5 Å². The molecular weight excluding hydrogens is 328 g/mol. The SMILES string of the molecule is CCCC(N)=O.CCCC(N)=O.O=S(=O)(O)CS(=O)(=O)O. The number of amides is 2. The molecule has 0 atom stereocenters. The molecular formula is C9H22N2O8S2. The predicted molar refractivity (Wildman–Crippen MR) is 76.2 cm³/mol. The van der Waals surface area contributed by atoms with Gasteiger partial charge in [0, 0.05) is 12.8 Å². The molecule has 0 aliphatic carbocycles. The number of hydrogen-bond acceptors (Lipinski definition) is 6. The van der Waals surface area contributed by atoms with E-state index in [0.717, 1.165) is 12.8 Å². The van der Waals surface area contributed by atoms with Gasteiger partial charge in [0.15, 0.2) is 0 Å². The minimum absolute atomic E-state index is 0.211. The zero-order chi connectivity index (χ0) is 17.7. The highest BCUT2D eigenvalue weighted by Crippen LogP contribution is 1.88. The third kappa shape index (κ3) is 45.5. The summed E-state index contributed by atoms with van der Waals surface area (Å²) in [6, 6.07) is 0. The highest BCUT2D eigenvalue weighted by molar-refractivity contribution is 8.02. The summed E-state index contributed by atoms with van der Waals surface area (Å²) in [5, 5.41) is -1.65. The average molecular weight is 350 g/mol. The molecule has 0 aromatic heterocycles. The van der Waals surface area contributed by atoms with E-state index in [0.29, 0.717) is 12.8 Å². The van der Waals surface area contributed by atoms with Crippen LogP contribution in [0.4, 0.5) is 0 Å². The van der Waals surface area contributed by atoms with Crippen LogP contribution in [0.15, 0.2) is 0 Å². The fourth-order valence-electron chi connectivity index (χ4n) is 0.681. The van der Waals surface area contributed by atoms with Crippen molar-refractivity contribution < 1.29 is 35.5 Å². The van der Waals surface area contributed by atoms with Gasteiger partial charge in [-0.3, -0.25) is 18.7 Å². The number of carbonyl (C=O) groups excluding carboxylic acids is 2. The molecule has 0 aromatic rings. The van der Waals surface area contributed by atoms with Gasteiger partial charge in [0.2, 0.25) is 16.9 Å². The Labute approximate surface area is 124 Å². The largest absolute Gasteiger partial charge is 0.370 e. The molecule has 0 radical (unpaired) electrons. The second kappa shape index (κ2) is 12.5. The van der Waals surface area contributed by atoms with Crippen molar-refractivity contribution in [3.8, 4) is 0 Å². The van der Waals surface area contributed by atoms with E-state index in [1.54, 1.807) is 0 Å². The summed E-state index contributed by atoms with van der Waals surface area (Å²) >= 11 is 0. The van der Waals surface area contributed by atoms with E-state index >= 15 is 0 Å². The van der Waals surface area contributed by atoms with Gasteiger partial charge >= 0.3 is 0 Å². The normalized spacial score (nSPS) is 10.5. The molecule has 128 valence electrons. The number of hydrogen-bond donors (Lipinski definition) is 4. The van der Waals surface area contributed by atoms with Crippen molar-refractivity contribution in [3.63, 3.8) is 0 Å². The van der Waals surface area contributed by atoms with Crippen molar-refractivity contribution in [2.24, 2.45) is 11.5 Å². The first-order valence-electron chi connectivity index (χ1n) is 5.72. The van der Waals surface area contributed by atoms with E-state index in [-0.39, 0.29) is 11.8 Å². The molecule has 2 amide bonds. The van der Waals surface area contributed by atoms with Gasteiger partial charge in [0.05, 0.1) is 0 Å². The summed E-state index contributed by atoms with van der Waals surface area (Å²) in [7, 11) is -9.24. The van der Waals surface area contributed by atoms with Gasteiger partial charge in [0.25, 0.3) is 20.2 Å². The Morgan fingerprint density at radius 3 is 1.05 bits per heavy atom. The van der Waals surface area contributed by atoms with Crippen LogP contribution in [0, 0.1) is 0 Å². The fourth-order valence-corrected chi connectivity index (χ4v) is 2.19. The molecule has 0 aliphatic heterocycles. The van der Waals surface area contributed by atoms with Gasteiger partial charge in [-0.1, -0.05) is 13.8 Å². The van der Waals surface area contributed by atoms with Crippen molar-refractivity contribution in [3.05, 3.63) is 0 Å². The summed E-state index contributed by atoms with van der Waals surface area (Å²) in [6.07, 6.45) is 2.74. The summed E-state index contributed by atoms with van der Waals surface area (Å²) < 4.78 is 54.2. The first-order valence-corrected chi connectivity index (χ1v) is 8.93. The van der Waals surface area contributed by atoms with Crippen LogP contribution >= 0.6 is 0 Å². The Kier molecular flexibility index (Phi) is 14.7. The zero-order valence-electron chi connectivity index (χ0n) is 11.9. The minimum Gasteiger partial charge on any atom is -0.370 e. The van der Waals surface area contributed by atoms with Gasteiger partial charge in [-0.25, -0.2) is 0 Å². The van der Waals surface area contributed by atoms with Crippen molar-refractivity contribution in [1.29, 1.82) is 0 Å². The van der Waals surface area contributed by atoms with E-state index in [1.165, 1.54) is 0 Å². The maximum absolute atomic E-state index is 9.82. The second-order valence-electron chi connectivity index (χ2n) is 3.71. The monoisotopic (exact) mass is 350 g/mol. The van der Waals surface area contributed by atoms with E-state index < -0.39 is 25.3 Å². The molecule has 6 N–H and O–H groups in total. The standard InChI is InChI=1S/2C4H9NO.CH4O6S2/c2*1-2-3-4(5)6;2-8(3,4)1-9(5,6)7/h2*2-3H2,1H3,(H2,5,6);1H2,(H,2,3,4)(H,5,6,7). The van der Waals surface area contributed by atoms with Gasteiger partial charge in [0.1, 0.15) is 0 Å². The maximum atomic E-state index is 9.82. The lowest BCUT2D eigenvalue weighted by Gasteiger charge is -1.89. The van der Waals surface area contributed by atoms with Crippen LogP contribution in [0.1, 0.15) is 39.5 Å². The van der Waals surface area contributed by atoms with E-state index in [1.807, 2.05) is 13.8 Å². The molecule has 0 bridgehead atoms. The predicted octanol–water partition coefficient (Wildman–Crippen LogP) is -0.737. The Bertz CT molecular complexity index is 452. The molecule has 0 unspecified atom stereocenters. The van der Waals surface area contributed by atoms with Gasteiger partial charge in [-0.15, -0.1) is 0 Å². The van der Waals surface area contributed by atoms with Crippen molar-refractivity contribution >= 4 is 32.1 Å². The lowest BCUT2D eigenvalue weighted by atomic mass is 10.3. The van der Waals surface area contributed by atoms with E-state index in [9.17, 15) is 26.4 Å². The Morgan fingerprint density at radius 2 is 1.05 bits per heavy atom. The van der Waals surface area contributed by atoms with Crippen molar-refractivity contribution in [1.82, 2.24) is 0 Å². The zero-order valence-corrected chi connectivity index (χ0v) is 13.5. The van der Waals surface area contributed by atoms with E-state index in [2.05, 4.69) is 0 Å². The first-order chi connectivity index (χ1) is 9.25. The van der Waals surface area contributed by atoms with Crippen LogP contribution in [0.25, 0.3) is 0 Å². The fraction of sp³-hybridized carbons (Fsp3) is 0.778. The van der Waals surface area contributed by atoms with Crippen LogP contribution in [0.2, 0.25) is 0 Å². The van der Waals surface area contributed by atoms with Crippen LogP contribution in [-0.2, 0) is 29.8 Å². The third-order valence-electron chi connectivity index (χ3n) is 1.29. The number of rotatable bonds is 6. The van der Waals surface area contributed by atoms with Gasteiger partial charge in [-0.05, 0) is 12.8 Å². The maximum Gasteiger partial charge on any atom is 0.281 e. The lowest BCUT2D eigenvalue weighted by molar-refractivity contribution is -0.118. The topological polar surface area (TPSA) is 195 Å². The Morgan fingerprint density at radius 1 is 0.810 bits per heavy atom. The van der Waals surface area contributed by atoms with Crippen LogP contribution in [0.5, 0.6) is 0 Å². The molecule has 0 spiro atoms. The van der Waals surface area contributed by atoms with Crippen LogP contribution < -0.4 is 11.5 Å². The van der Waals surface area contributed by atoms with Crippen LogP contribution in [0.3, 0.4) is 0 Å². The van der Waals surface area contributed by atoms with Crippen molar-refractivity contribution in [2.75, 3.05) is 5.08 Å².